The molecule has 0 unspecified atom stereocenters. The SMILES string of the molecule is c1ccc2c(c1)-c1ccnc3nc(-n4c5ccccc5c5cc(-n6c7ccccc7c7ccccc76)ccc54)cc-2c13. The van der Waals surface area contributed by atoms with Crippen LogP contribution in [0.4, 0.5) is 0 Å². The molecule has 0 saturated heterocycles. The van der Waals surface area contributed by atoms with Crippen LogP contribution in [0.25, 0.3) is 88.4 Å². The molecule has 0 fully saturated rings. The Morgan fingerprint density at radius 3 is 1.71 bits per heavy atom. The van der Waals surface area contributed by atoms with Crippen molar-refractivity contribution in [2.75, 3.05) is 0 Å². The zero-order valence-corrected chi connectivity index (χ0v) is 22.5. The van der Waals surface area contributed by atoms with E-state index in [2.05, 4.69) is 137 Å². The molecule has 0 atom stereocenters. The van der Waals surface area contributed by atoms with Crippen molar-refractivity contribution in [1.82, 2.24) is 19.1 Å². The van der Waals surface area contributed by atoms with E-state index in [-0.39, 0.29) is 0 Å². The summed E-state index contributed by atoms with van der Waals surface area (Å²) in [5.41, 5.74) is 11.5. The summed E-state index contributed by atoms with van der Waals surface area (Å²) in [4.78, 5) is 9.90. The molecule has 42 heavy (non-hydrogen) atoms. The number of aromatic nitrogens is 4. The highest BCUT2D eigenvalue weighted by atomic mass is 15.1. The van der Waals surface area contributed by atoms with Crippen LogP contribution in [0.5, 0.6) is 0 Å². The second-order valence-electron chi connectivity index (χ2n) is 11.1. The van der Waals surface area contributed by atoms with Gasteiger partial charge in [0.25, 0.3) is 0 Å². The van der Waals surface area contributed by atoms with Crippen LogP contribution in [0.15, 0.2) is 134 Å². The molecular weight excluding hydrogens is 512 g/mol. The van der Waals surface area contributed by atoms with Gasteiger partial charge in [-0.05, 0) is 70.8 Å². The lowest BCUT2D eigenvalue weighted by molar-refractivity contribution is 1.09. The molecule has 194 valence electrons. The van der Waals surface area contributed by atoms with Gasteiger partial charge in [0.15, 0.2) is 5.65 Å². The van der Waals surface area contributed by atoms with Crippen LogP contribution < -0.4 is 0 Å². The minimum absolute atomic E-state index is 0.782. The molecule has 4 nitrogen and oxygen atoms in total. The third kappa shape index (κ3) is 2.76. The second kappa shape index (κ2) is 7.93. The van der Waals surface area contributed by atoms with Gasteiger partial charge in [-0.2, -0.15) is 0 Å². The molecule has 1 aliphatic carbocycles. The Hall–Kier alpha value is -5.74. The van der Waals surface area contributed by atoms with Crippen molar-refractivity contribution < 1.29 is 0 Å². The van der Waals surface area contributed by atoms with Gasteiger partial charge < -0.3 is 4.57 Å². The van der Waals surface area contributed by atoms with E-state index >= 15 is 0 Å². The van der Waals surface area contributed by atoms with E-state index in [1.54, 1.807) is 0 Å². The van der Waals surface area contributed by atoms with Crippen LogP contribution in [-0.4, -0.2) is 19.1 Å². The molecule has 9 aromatic rings. The molecule has 0 N–H and O–H groups in total. The van der Waals surface area contributed by atoms with E-state index in [0.29, 0.717) is 0 Å². The molecular formula is C38H22N4. The highest BCUT2D eigenvalue weighted by Gasteiger charge is 2.24. The van der Waals surface area contributed by atoms with E-state index in [9.17, 15) is 0 Å². The van der Waals surface area contributed by atoms with Crippen molar-refractivity contribution in [2.45, 2.75) is 0 Å². The molecule has 0 spiro atoms. The van der Waals surface area contributed by atoms with Gasteiger partial charge in [-0.1, -0.05) is 78.9 Å². The van der Waals surface area contributed by atoms with E-state index in [1.807, 2.05) is 6.20 Å². The minimum Gasteiger partial charge on any atom is -0.309 e. The lowest BCUT2D eigenvalue weighted by atomic mass is 10.1. The maximum absolute atomic E-state index is 5.16. The third-order valence-electron chi connectivity index (χ3n) is 8.93. The average Bonchev–Trinajstić information content (AvgIpc) is 3.68. The Bertz CT molecular complexity index is 2530. The topological polar surface area (TPSA) is 35.6 Å². The quantitative estimate of drug-likeness (QED) is 0.221. The summed E-state index contributed by atoms with van der Waals surface area (Å²) < 4.78 is 4.68. The zero-order valence-electron chi connectivity index (χ0n) is 22.5. The summed E-state index contributed by atoms with van der Waals surface area (Å²) in [5.74, 6) is 0.884. The predicted octanol–water partition coefficient (Wildman–Crippen LogP) is 9.47. The smallest absolute Gasteiger partial charge is 0.162 e. The number of hydrogen-bond donors (Lipinski definition) is 0. The molecule has 10 rings (SSSR count). The van der Waals surface area contributed by atoms with Gasteiger partial charge in [-0.3, -0.25) is 4.57 Å². The van der Waals surface area contributed by atoms with Crippen LogP contribution >= 0.6 is 0 Å². The number of hydrogen-bond acceptors (Lipinski definition) is 2. The summed E-state index contributed by atoms with van der Waals surface area (Å²) in [6.07, 6.45) is 1.88. The summed E-state index contributed by atoms with van der Waals surface area (Å²) in [6.45, 7) is 0. The first-order valence-electron chi connectivity index (χ1n) is 14.3. The molecule has 0 radical (unpaired) electrons. The fourth-order valence-corrected chi connectivity index (χ4v) is 7.19. The Balaban J connectivity index is 1.27. The lowest BCUT2D eigenvalue weighted by Crippen LogP contribution is -1.99. The monoisotopic (exact) mass is 534 g/mol. The van der Waals surface area contributed by atoms with E-state index in [1.165, 1.54) is 54.8 Å². The average molecular weight is 535 g/mol. The molecule has 1 aliphatic rings. The van der Waals surface area contributed by atoms with Gasteiger partial charge in [0.2, 0.25) is 0 Å². The highest BCUT2D eigenvalue weighted by molar-refractivity contribution is 6.15. The molecule has 4 heteroatoms. The lowest BCUT2D eigenvalue weighted by Gasteiger charge is -2.11. The van der Waals surface area contributed by atoms with Gasteiger partial charge in [-0.25, -0.2) is 9.97 Å². The molecule has 0 amide bonds. The zero-order chi connectivity index (χ0) is 27.4. The first-order valence-corrected chi connectivity index (χ1v) is 14.3. The minimum atomic E-state index is 0.782. The molecule has 0 bridgehead atoms. The van der Waals surface area contributed by atoms with Crippen LogP contribution in [0, 0.1) is 0 Å². The highest BCUT2D eigenvalue weighted by Crippen LogP contribution is 2.47. The van der Waals surface area contributed by atoms with Crippen molar-refractivity contribution >= 4 is 54.6 Å². The molecule has 4 aromatic heterocycles. The summed E-state index contributed by atoms with van der Waals surface area (Å²) in [7, 11) is 0. The summed E-state index contributed by atoms with van der Waals surface area (Å²) >= 11 is 0. The van der Waals surface area contributed by atoms with Gasteiger partial charge in [0, 0.05) is 38.8 Å². The van der Waals surface area contributed by atoms with Crippen molar-refractivity contribution in [2.24, 2.45) is 0 Å². The number of pyridine rings is 2. The number of nitrogens with zero attached hydrogens (tertiary/aromatic N) is 4. The first-order chi connectivity index (χ1) is 20.8. The third-order valence-corrected chi connectivity index (χ3v) is 8.93. The largest absolute Gasteiger partial charge is 0.309 e. The fourth-order valence-electron chi connectivity index (χ4n) is 7.19. The molecule has 4 heterocycles. The Kier molecular flexibility index (Phi) is 4.15. The van der Waals surface area contributed by atoms with E-state index in [4.69, 9.17) is 9.97 Å². The molecule has 5 aromatic carbocycles. The Labute approximate surface area is 240 Å². The second-order valence-corrected chi connectivity index (χ2v) is 11.1. The van der Waals surface area contributed by atoms with Gasteiger partial charge in [0.1, 0.15) is 5.82 Å². The number of para-hydroxylation sites is 3. The number of fused-ring (bicyclic) bond motifs is 9. The van der Waals surface area contributed by atoms with Gasteiger partial charge in [-0.15, -0.1) is 0 Å². The van der Waals surface area contributed by atoms with Crippen LogP contribution in [-0.2, 0) is 0 Å². The van der Waals surface area contributed by atoms with Gasteiger partial charge in [0.05, 0.1) is 22.1 Å². The van der Waals surface area contributed by atoms with Crippen molar-refractivity contribution in [1.29, 1.82) is 0 Å². The van der Waals surface area contributed by atoms with Crippen LogP contribution in [0.2, 0.25) is 0 Å². The first kappa shape index (κ1) is 22.0. The normalized spacial score (nSPS) is 12.3. The predicted molar refractivity (Wildman–Crippen MR) is 173 cm³/mol. The van der Waals surface area contributed by atoms with Crippen molar-refractivity contribution in [3.63, 3.8) is 0 Å². The summed E-state index contributed by atoms with van der Waals surface area (Å²) in [5, 5.41) is 6.07. The fraction of sp³-hybridized carbons (Fsp3) is 0. The standard InChI is InChI=1S/C38H22N4/c1-2-10-25-24(9-1)29-19-20-39-38-37(29)31(25)22-36(40-38)42-34-16-8-5-13-28(34)30-21-23(17-18-35(30)42)41-32-14-6-3-11-26(32)27-12-4-7-15-33(27)41/h1-22H. The van der Waals surface area contributed by atoms with Gasteiger partial charge >= 0.3 is 0 Å². The van der Waals surface area contributed by atoms with E-state index in [0.717, 1.165) is 33.6 Å². The maximum Gasteiger partial charge on any atom is 0.162 e. The van der Waals surface area contributed by atoms with Crippen molar-refractivity contribution in [3.05, 3.63) is 134 Å². The number of rotatable bonds is 2. The Morgan fingerprint density at radius 1 is 0.429 bits per heavy atom. The molecule has 0 saturated carbocycles. The summed E-state index contributed by atoms with van der Waals surface area (Å²) in [6, 6.07) is 45.8. The maximum atomic E-state index is 5.16. The number of benzene rings is 5. The van der Waals surface area contributed by atoms with Crippen molar-refractivity contribution in [3.8, 4) is 33.8 Å². The van der Waals surface area contributed by atoms with E-state index < -0.39 is 0 Å². The Morgan fingerprint density at radius 2 is 1.00 bits per heavy atom. The van der Waals surface area contributed by atoms with Crippen LogP contribution in [0.3, 0.4) is 0 Å². The van der Waals surface area contributed by atoms with Crippen LogP contribution in [0.1, 0.15) is 0 Å². The molecule has 0 aliphatic heterocycles.